The lowest BCUT2D eigenvalue weighted by atomic mass is 10.3. The molecule has 0 unspecified atom stereocenters. The molecule has 0 saturated carbocycles. The summed E-state index contributed by atoms with van der Waals surface area (Å²) in [7, 11) is 0. The van der Waals surface area contributed by atoms with Gasteiger partial charge in [-0.15, -0.1) is 0 Å². The zero-order chi connectivity index (χ0) is 11.5. The lowest BCUT2D eigenvalue weighted by Gasteiger charge is -2.08. The lowest BCUT2D eigenvalue weighted by Crippen LogP contribution is -2.00. The molecule has 2 rings (SSSR count). The van der Waals surface area contributed by atoms with Crippen molar-refractivity contribution in [2.45, 2.75) is 20.4 Å². The number of hydrogen-bond donors (Lipinski definition) is 1. The molecule has 0 aliphatic heterocycles. The Hall–Kier alpha value is -1.97. The SMILES string of the molecule is CCn1c(C)cnc1Oc1ccccc1O. The number of rotatable bonds is 3. The van der Waals surface area contributed by atoms with E-state index in [2.05, 4.69) is 4.98 Å². The molecule has 1 aromatic heterocycles. The Labute approximate surface area is 94.1 Å². The third-order valence-electron chi connectivity index (χ3n) is 2.40. The number of phenols is 1. The van der Waals surface area contributed by atoms with Crippen LogP contribution in [-0.2, 0) is 6.54 Å². The van der Waals surface area contributed by atoms with Crippen LogP contribution in [0.15, 0.2) is 30.5 Å². The first kappa shape index (κ1) is 10.5. The van der Waals surface area contributed by atoms with Crippen molar-refractivity contribution in [3.05, 3.63) is 36.2 Å². The number of benzene rings is 1. The van der Waals surface area contributed by atoms with Crippen molar-refractivity contribution in [1.29, 1.82) is 0 Å². The summed E-state index contributed by atoms with van der Waals surface area (Å²) in [4.78, 5) is 4.15. The average molecular weight is 218 g/mol. The Kier molecular flexibility index (Phi) is 2.81. The van der Waals surface area contributed by atoms with Gasteiger partial charge in [-0.3, -0.25) is 4.57 Å². The number of aryl methyl sites for hydroxylation is 1. The molecule has 0 saturated heterocycles. The molecule has 1 heterocycles. The minimum absolute atomic E-state index is 0.116. The molecular weight excluding hydrogens is 204 g/mol. The second-order valence-electron chi connectivity index (χ2n) is 3.50. The predicted molar refractivity (Wildman–Crippen MR) is 60.8 cm³/mol. The average Bonchev–Trinajstić information content (AvgIpc) is 2.63. The van der Waals surface area contributed by atoms with Crippen LogP contribution in [0, 0.1) is 6.92 Å². The summed E-state index contributed by atoms with van der Waals surface area (Å²) in [6.07, 6.45) is 1.75. The number of hydrogen-bond acceptors (Lipinski definition) is 3. The summed E-state index contributed by atoms with van der Waals surface area (Å²) in [5.41, 5.74) is 1.04. The highest BCUT2D eigenvalue weighted by Gasteiger charge is 2.09. The van der Waals surface area contributed by atoms with Gasteiger partial charge in [0.05, 0.1) is 6.20 Å². The highest BCUT2D eigenvalue weighted by atomic mass is 16.5. The van der Waals surface area contributed by atoms with Gasteiger partial charge in [0.1, 0.15) is 0 Å². The minimum atomic E-state index is 0.116. The maximum atomic E-state index is 9.58. The van der Waals surface area contributed by atoms with Crippen molar-refractivity contribution >= 4 is 0 Å². The van der Waals surface area contributed by atoms with Crippen LogP contribution in [0.3, 0.4) is 0 Å². The number of para-hydroxylation sites is 2. The third-order valence-corrected chi connectivity index (χ3v) is 2.40. The van der Waals surface area contributed by atoms with Gasteiger partial charge in [-0.25, -0.2) is 4.98 Å². The lowest BCUT2D eigenvalue weighted by molar-refractivity contribution is 0.377. The van der Waals surface area contributed by atoms with E-state index in [1.165, 1.54) is 0 Å². The van der Waals surface area contributed by atoms with E-state index in [0.717, 1.165) is 12.2 Å². The molecule has 0 aliphatic rings. The fourth-order valence-corrected chi connectivity index (χ4v) is 1.55. The summed E-state index contributed by atoms with van der Waals surface area (Å²) >= 11 is 0. The second-order valence-corrected chi connectivity index (χ2v) is 3.50. The maximum Gasteiger partial charge on any atom is 0.302 e. The van der Waals surface area contributed by atoms with Gasteiger partial charge in [0.2, 0.25) is 0 Å². The van der Waals surface area contributed by atoms with E-state index < -0.39 is 0 Å². The molecule has 0 atom stereocenters. The largest absolute Gasteiger partial charge is 0.504 e. The smallest absolute Gasteiger partial charge is 0.302 e. The normalized spacial score (nSPS) is 10.4. The van der Waals surface area contributed by atoms with E-state index >= 15 is 0 Å². The zero-order valence-corrected chi connectivity index (χ0v) is 9.34. The number of imidazole rings is 1. The van der Waals surface area contributed by atoms with Crippen LogP contribution in [0.2, 0.25) is 0 Å². The topological polar surface area (TPSA) is 47.3 Å². The fourth-order valence-electron chi connectivity index (χ4n) is 1.55. The molecule has 0 amide bonds. The number of ether oxygens (including phenoxy) is 1. The molecule has 0 aliphatic carbocycles. The predicted octanol–water partition coefficient (Wildman–Crippen LogP) is 2.71. The molecule has 4 heteroatoms. The van der Waals surface area contributed by atoms with Gasteiger partial charge in [0.25, 0.3) is 0 Å². The number of phenolic OH excluding ortho intramolecular Hbond substituents is 1. The Balaban J connectivity index is 2.31. The first-order chi connectivity index (χ1) is 7.72. The summed E-state index contributed by atoms with van der Waals surface area (Å²) in [6, 6.07) is 7.35. The summed E-state index contributed by atoms with van der Waals surface area (Å²) in [5.74, 6) is 0.536. The molecular formula is C12H14N2O2. The molecule has 2 aromatic rings. The Morgan fingerprint density at radius 3 is 2.81 bits per heavy atom. The molecule has 0 bridgehead atoms. The zero-order valence-electron chi connectivity index (χ0n) is 9.34. The van der Waals surface area contributed by atoms with Gasteiger partial charge in [0, 0.05) is 12.2 Å². The van der Waals surface area contributed by atoms with E-state index in [1.807, 2.05) is 18.4 Å². The van der Waals surface area contributed by atoms with Crippen LogP contribution in [0.1, 0.15) is 12.6 Å². The quantitative estimate of drug-likeness (QED) is 0.861. The van der Waals surface area contributed by atoms with Crippen molar-refractivity contribution in [2.24, 2.45) is 0 Å². The first-order valence-corrected chi connectivity index (χ1v) is 5.20. The monoisotopic (exact) mass is 218 g/mol. The molecule has 4 nitrogen and oxygen atoms in total. The van der Waals surface area contributed by atoms with Gasteiger partial charge in [-0.05, 0) is 26.0 Å². The Morgan fingerprint density at radius 2 is 2.12 bits per heavy atom. The van der Waals surface area contributed by atoms with Gasteiger partial charge in [0.15, 0.2) is 11.5 Å². The van der Waals surface area contributed by atoms with E-state index in [9.17, 15) is 5.11 Å². The molecule has 0 radical (unpaired) electrons. The van der Waals surface area contributed by atoms with Crippen molar-refractivity contribution in [3.8, 4) is 17.5 Å². The van der Waals surface area contributed by atoms with Crippen molar-refractivity contribution in [3.63, 3.8) is 0 Å². The highest BCUT2D eigenvalue weighted by molar-refractivity contribution is 5.39. The minimum Gasteiger partial charge on any atom is -0.504 e. The van der Waals surface area contributed by atoms with Crippen molar-refractivity contribution in [1.82, 2.24) is 9.55 Å². The maximum absolute atomic E-state index is 9.58. The number of nitrogens with zero attached hydrogens (tertiary/aromatic N) is 2. The molecule has 84 valence electrons. The molecule has 0 spiro atoms. The molecule has 16 heavy (non-hydrogen) atoms. The van der Waals surface area contributed by atoms with E-state index in [4.69, 9.17) is 4.74 Å². The van der Waals surface area contributed by atoms with Crippen LogP contribution in [-0.4, -0.2) is 14.7 Å². The van der Waals surface area contributed by atoms with Gasteiger partial charge < -0.3 is 9.84 Å². The van der Waals surface area contributed by atoms with E-state index in [-0.39, 0.29) is 5.75 Å². The van der Waals surface area contributed by atoms with Gasteiger partial charge in [-0.1, -0.05) is 12.1 Å². The Bertz CT molecular complexity index is 492. The van der Waals surface area contributed by atoms with E-state index in [1.54, 1.807) is 30.5 Å². The fraction of sp³-hybridized carbons (Fsp3) is 0.250. The van der Waals surface area contributed by atoms with Crippen molar-refractivity contribution in [2.75, 3.05) is 0 Å². The number of aromatic hydroxyl groups is 1. The standard InChI is InChI=1S/C12H14N2O2/c1-3-14-9(2)8-13-12(14)16-11-7-5-4-6-10(11)15/h4-8,15H,3H2,1-2H3. The Morgan fingerprint density at radius 1 is 1.38 bits per heavy atom. The summed E-state index contributed by atoms with van der Waals surface area (Å²) in [6.45, 7) is 4.77. The molecule has 1 aromatic carbocycles. The second kappa shape index (κ2) is 4.26. The van der Waals surface area contributed by atoms with Gasteiger partial charge in [-0.2, -0.15) is 0 Å². The first-order valence-electron chi connectivity index (χ1n) is 5.20. The van der Waals surface area contributed by atoms with Crippen molar-refractivity contribution < 1.29 is 9.84 Å². The van der Waals surface area contributed by atoms with E-state index in [0.29, 0.717) is 11.8 Å². The van der Waals surface area contributed by atoms with Crippen LogP contribution < -0.4 is 4.74 Å². The number of aromatic nitrogens is 2. The van der Waals surface area contributed by atoms with Crippen LogP contribution in [0.4, 0.5) is 0 Å². The summed E-state index contributed by atoms with van der Waals surface area (Å²) < 4.78 is 7.49. The molecule has 0 fully saturated rings. The van der Waals surface area contributed by atoms with Crippen LogP contribution in [0.25, 0.3) is 0 Å². The highest BCUT2D eigenvalue weighted by Crippen LogP contribution is 2.29. The van der Waals surface area contributed by atoms with Crippen LogP contribution in [0.5, 0.6) is 17.5 Å². The van der Waals surface area contributed by atoms with Crippen LogP contribution >= 0.6 is 0 Å². The molecule has 1 N–H and O–H groups in total. The van der Waals surface area contributed by atoms with Gasteiger partial charge >= 0.3 is 6.01 Å². The third kappa shape index (κ3) is 1.86. The summed E-state index contributed by atoms with van der Waals surface area (Å²) in [5, 5.41) is 9.58.